The van der Waals surface area contributed by atoms with E-state index in [4.69, 9.17) is 11.6 Å². The lowest BCUT2D eigenvalue weighted by molar-refractivity contribution is -0.118. The van der Waals surface area contributed by atoms with Crippen LogP contribution in [0.5, 0.6) is 0 Å². The number of hydrogen-bond acceptors (Lipinski definition) is 4. The van der Waals surface area contributed by atoms with Crippen LogP contribution in [0.4, 0.5) is 8.78 Å². The average molecular weight is 422 g/mol. The minimum atomic E-state index is -1.06. The van der Waals surface area contributed by atoms with E-state index in [1.165, 1.54) is 18.5 Å². The number of benzene rings is 2. The second-order valence-electron chi connectivity index (χ2n) is 5.66. The summed E-state index contributed by atoms with van der Waals surface area (Å²) in [5.41, 5.74) is 0.412. The molecule has 1 amide bonds. The number of hydrogen-bond donors (Lipinski definition) is 1. The summed E-state index contributed by atoms with van der Waals surface area (Å²) >= 11 is 6.99. The zero-order valence-corrected chi connectivity index (χ0v) is 15.9. The fraction of sp³-hybridized carbons (Fsp3) is 0.105. The first-order valence-corrected chi connectivity index (χ1v) is 9.48. The van der Waals surface area contributed by atoms with Crippen LogP contribution in [-0.4, -0.2) is 21.2 Å². The highest BCUT2D eigenvalue weighted by molar-refractivity contribution is 7.99. The summed E-state index contributed by atoms with van der Waals surface area (Å²) in [5.74, 6) is -2.39. The van der Waals surface area contributed by atoms with Crippen molar-refractivity contribution in [2.24, 2.45) is 0 Å². The lowest BCUT2D eigenvalue weighted by Gasteiger charge is -2.08. The first kappa shape index (κ1) is 20.0. The molecule has 144 valence electrons. The molecule has 0 aliphatic heterocycles. The van der Waals surface area contributed by atoms with E-state index in [1.54, 1.807) is 18.2 Å². The zero-order chi connectivity index (χ0) is 20.1. The van der Waals surface area contributed by atoms with Crippen molar-refractivity contribution in [2.45, 2.75) is 11.6 Å². The van der Waals surface area contributed by atoms with Gasteiger partial charge in [-0.1, -0.05) is 41.6 Å². The molecule has 28 heavy (non-hydrogen) atoms. The van der Waals surface area contributed by atoms with E-state index in [2.05, 4.69) is 10.3 Å². The summed E-state index contributed by atoms with van der Waals surface area (Å²) < 4.78 is 27.7. The summed E-state index contributed by atoms with van der Waals surface area (Å²) in [7, 11) is 0. The third kappa shape index (κ3) is 4.76. The van der Waals surface area contributed by atoms with Crippen molar-refractivity contribution in [3.05, 3.63) is 87.4 Å². The normalized spacial score (nSPS) is 10.7. The molecule has 0 unspecified atom stereocenters. The first-order chi connectivity index (χ1) is 13.5. The van der Waals surface area contributed by atoms with Crippen LogP contribution in [0.2, 0.25) is 5.02 Å². The van der Waals surface area contributed by atoms with E-state index in [1.807, 2.05) is 6.07 Å². The molecule has 0 saturated heterocycles. The Bertz CT molecular complexity index is 1080. The molecule has 2 aromatic carbocycles. The fourth-order valence-corrected chi connectivity index (χ4v) is 3.28. The lowest BCUT2D eigenvalue weighted by Crippen LogP contribution is -2.26. The summed E-state index contributed by atoms with van der Waals surface area (Å²) in [6, 6.07) is 10.3. The second kappa shape index (κ2) is 8.99. The highest BCUT2D eigenvalue weighted by Crippen LogP contribution is 2.16. The van der Waals surface area contributed by atoms with Crippen molar-refractivity contribution in [3.8, 4) is 5.69 Å². The van der Waals surface area contributed by atoms with Gasteiger partial charge in [-0.3, -0.25) is 14.2 Å². The van der Waals surface area contributed by atoms with Crippen LogP contribution in [-0.2, 0) is 11.3 Å². The number of nitrogens with one attached hydrogen (secondary N) is 1. The van der Waals surface area contributed by atoms with Gasteiger partial charge >= 0.3 is 0 Å². The number of amides is 1. The van der Waals surface area contributed by atoms with Crippen molar-refractivity contribution in [3.63, 3.8) is 0 Å². The first-order valence-electron chi connectivity index (χ1n) is 8.11. The van der Waals surface area contributed by atoms with Gasteiger partial charge in [-0.05, 0) is 23.8 Å². The average Bonchev–Trinajstić information content (AvgIpc) is 2.69. The minimum Gasteiger partial charge on any atom is -0.351 e. The van der Waals surface area contributed by atoms with E-state index in [0.29, 0.717) is 5.02 Å². The van der Waals surface area contributed by atoms with Crippen molar-refractivity contribution in [1.29, 1.82) is 0 Å². The number of carbonyl (C=O) groups is 1. The van der Waals surface area contributed by atoms with E-state index in [-0.39, 0.29) is 28.9 Å². The molecule has 0 spiro atoms. The summed E-state index contributed by atoms with van der Waals surface area (Å²) in [6.45, 7) is 0.264. The van der Waals surface area contributed by atoms with Crippen molar-refractivity contribution in [1.82, 2.24) is 14.9 Å². The van der Waals surface area contributed by atoms with E-state index in [9.17, 15) is 18.4 Å². The molecule has 0 fully saturated rings. The Kier molecular flexibility index (Phi) is 6.43. The molecule has 0 atom stereocenters. The molecule has 0 bridgehead atoms. The molecule has 0 radical (unpaired) electrons. The molecule has 1 N–H and O–H groups in total. The standard InChI is InChI=1S/C19H14ClF2N3O2S/c20-14-4-2-1-3-12(14)10-24-17(26)11-28-18-19(27)25(8-7-23-18)13-5-6-15(21)16(22)9-13/h1-9H,10-11H2,(H,24,26). The third-order valence-corrected chi connectivity index (χ3v) is 5.09. The Morgan fingerprint density at radius 3 is 2.71 bits per heavy atom. The monoisotopic (exact) mass is 421 g/mol. The number of halogens is 3. The summed E-state index contributed by atoms with van der Waals surface area (Å²) in [5, 5.41) is 3.34. The highest BCUT2D eigenvalue weighted by Gasteiger charge is 2.12. The van der Waals surface area contributed by atoms with Gasteiger partial charge in [-0.15, -0.1) is 0 Å². The maximum absolute atomic E-state index is 13.4. The molecule has 1 aromatic heterocycles. The number of aromatic nitrogens is 2. The molecule has 3 rings (SSSR count). The minimum absolute atomic E-state index is 0.0332. The van der Waals surface area contributed by atoms with Gasteiger partial charge in [0.15, 0.2) is 16.7 Å². The Balaban J connectivity index is 1.66. The number of rotatable bonds is 6. The number of thioether (sulfide) groups is 1. The van der Waals surface area contributed by atoms with E-state index >= 15 is 0 Å². The van der Waals surface area contributed by atoms with Crippen LogP contribution in [0.25, 0.3) is 5.69 Å². The molecule has 0 aliphatic carbocycles. The molecular formula is C19H14ClF2N3O2S. The van der Waals surface area contributed by atoms with Crippen LogP contribution in [0, 0.1) is 11.6 Å². The maximum Gasteiger partial charge on any atom is 0.287 e. The second-order valence-corrected chi connectivity index (χ2v) is 7.03. The molecule has 1 heterocycles. The Morgan fingerprint density at radius 1 is 1.18 bits per heavy atom. The molecule has 0 saturated carbocycles. The predicted octanol–water partition coefficient (Wildman–Crippen LogP) is 3.57. The van der Waals surface area contributed by atoms with Gasteiger partial charge in [0.1, 0.15) is 0 Å². The number of carbonyl (C=O) groups excluding carboxylic acids is 1. The molecular weight excluding hydrogens is 408 g/mol. The molecule has 3 aromatic rings. The van der Waals surface area contributed by atoms with Crippen LogP contribution in [0.3, 0.4) is 0 Å². The molecule has 9 heteroatoms. The van der Waals surface area contributed by atoms with Crippen molar-refractivity contribution < 1.29 is 13.6 Å². The van der Waals surface area contributed by atoms with E-state index in [0.717, 1.165) is 34.0 Å². The van der Waals surface area contributed by atoms with Crippen molar-refractivity contribution in [2.75, 3.05) is 5.75 Å². The SMILES string of the molecule is O=C(CSc1nccn(-c2ccc(F)c(F)c2)c1=O)NCc1ccccc1Cl. The topological polar surface area (TPSA) is 64.0 Å². The third-order valence-electron chi connectivity index (χ3n) is 3.76. The van der Waals surface area contributed by atoms with Gasteiger partial charge in [0.2, 0.25) is 5.91 Å². The smallest absolute Gasteiger partial charge is 0.287 e. The van der Waals surface area contributed by atoms with E-state index < -0.39 is 17.2 Å². The Morgan fingerprint density at radius 2 is 1.96 bits per heavy atom. The quantitative estimate of drug-likeness (QED) is 0.618. The van der Waals surface area contributed by atoms with Gasteiger partial charge in [0, 0.05) is 30.0 Å². The Labute approximate surface area is 168 Å². The predicted molar refractivity (Wildman–Crippen MR) is 104 cm³/mol. The van der Waals surface area contributed by atoms with Crippen molar-refractivity contribution >= 4 is 29.3 Å². The zero-order valence-electron chi connectivity index (χ0n) is 14.4. The largest absolute Gasteiger partial charge is 0.351 e. The van der Waals surface area contributed by atoms with Crippen LogP contribution in [0.1, 0.15) is 5.56 Å². The molecule has 0 aliphatic rings. The Hall–Kier alpha value is -2.71. The van der Waals surface area contributed by atoms with Gasteiger partial charge in [0.05, 0.1) is 11.4 Å². The number of nitrogens with zero attached hydrogens (tertiary/aromatic N) is 2. The van der Waals surface area contributed by atoms with Gasteiger partial charge < -0.3 is 5.32 Å². The van der Waals surface area contributed by atoms with Crippen LogP contribution < -0.4 is 10.9 Å². The van der Waals surface area contributed by atoms with Crippen LogP contribution >= 0.6 is 23.4 Å². The van der Waals surface area contributed by atoms with Crippen LogP contribution in [0.15, 0.2) is 64.7 Å². The fourth-order valence-electron chi connectivity index (χ4n) is 2.35. The summed E-state index contributed by atoms with van der Waals surface area (Å²) in [4.78, 5) is 28.5. The summed E-state index contributed by atoms with van der Waals surface area (Å²) in [6.07, 6.45) is 2.70. The highest BCUT2D eigenvalue weighted by atomic mass is 35.5. The van der Waals surface area contributed by atoms with Gasteiger partial charge in [-0.2, -0.15) is 0 Å². The molecule has 5 nitrogen and oxygen atoms in total. The van der Waals surface area contributed by atoms with Gasteiger partial charge in [0.25, 0.3) is 5.56 Å². The van der Waals surface area contributed by atoms with Gasteiger partial charge in [-0.25, -0.2) is 13.8 Å². The lowest BCUT2D eigenvalue weighted by atomic mass is 10.2. The maximum atomic E-state index is 13.4.